The number of benzene rings is 1. The minimum atomic E-state index is -0.639. The van der Waals surface area contributed by atoms with Crippen LogP contribution in [0.1, 0.15) is 10.5 Å². The normalized spacial score (nSPS) is 10.7. The molecule has 0 unspecified atom stereocenters. The van der Waals surface area contributed by atoms with Crippen LogP contribution in [0.2, 0.25) is 10.0 Å². The zero-order chi connectivity index (χ0) is 15.0. The third-order valence-corrected chi connectivity index (χ3v) is 4.52. The van der Waals surface area contributed by atoms with Crippen molar-refractivity contribution in [1.29, 1.82) is 0 Å². The molecule has 0 spiro atoms. The van der Waals surface area contributed by atoms with Crippen LogP contribution in [0.3, 0.4) is 0 Å². The van der Waals surface area contributed by atoms with Crippen LogP contribution in [-0.2, 0) is 11.8 Å². The SMILES string of the molecule is COC(=O)c1c(Cl)c(-c2cc(I)c(Cl)cc2F)nn1C. The number of ether oxygens (including phenoxy) is 1. The van der Waals surface area contributed by atoms with E-state index in [0.29, 0.717) is 8.59 Å². The zero-order valence-corrected chi connectivity index (χ0v) is 14.0. The van der Waals surface area contributed by atoms with Crippen molar-refractivity contribution in [1.82, 2.24) is 9.78 Å². The molecule has 1 heterocycles. The Labute approximate surface area is 137 Å². The van der Waals surface area contributed by atoms with E-state index in [1.165, 1.54) is 31.0 Å². The predicted octanol–water partition coefficient (Wildman–Crippen LogP) is 3.92. The van der Waals surface area contributed by atoms with E-state index in [-0.39, 0.29) is 22.0 Å². The Balaban J connectivity index is 2.66. The van der Waals surface area contributed by atoms with Crippen molar-refractivity contribution in [2.24, 2.45) is 7.05 Å². The lowest BCUT2D eigenvalue weighted by Gasteiger charge is -2.03. The molecule has 0 bridgehead atoms. The Kier molecular flexibility index (Phi) is 4.55. The second-order valence-corrected chi connectivity index (χ2v) is 5.82. The molecule has 4 nitrogen and oxygen atoms in total. The monoisotopic (exact) mass is 428 g/mol. The number of halogens is 4. The third-order valence-electron chi connectivity index (χ3n) is 2.63. The van der Waals surface area contributed by atoms with Gasteiger partial charge in [-0.1, -0.05) is 23.2 Å². The van der Waals surface area contributed by atoms with Gasteiger partial charge in [0.15, 0.2) is 5.69 Å². The summed E-state index contributed by atoms with van der Waals surface area (Å²) >= 11 is 13.9. The maximum Gasteiger partial charge on any atom is 0.357 e. The highest BCUT2D eigenvalue weighted by molar-refractivity contribution is 14.1. The van der Waals surface area contributed by atoms with Gasteiger partial charge in [0.2, 0.25) is 0 Å². The lowest BCUT2D eigenvalue weighted by atomic mass is 10.1. The number of hydrogen-bond acceptors (Lipinski definition) is 3. The van der Waals surface area contributed by atoms with Gasteiger partial charge < -0.3 is 4.74 Å². The van der Waals surface area contributed by atoms with Crippen molar-refractivity contribution >= 4 is 51.8 Å². The van der Waals surface area contributed by atoms with Crippen molar-refractivity contribution in [2.75, 3.05) is 7.11 Å². The molecule has 0 aliphatic carbocycles. The smallest absolute Gasteiger partial charge is 0.357 e. The van der Waals surface area contributed by atoms with E-state index in [1.54, 1.807) is 0 Å². The summed E-state index contributed by atoms with van der Waals surface area (Å²) in [5.41, 5.74) is 0.407. The summed E-state index contributed by atoms with van der Waals surface area (Å²) in [5.74, 6) is -1.20. The van der Waals surface area contributed by atoms with E-state index in [1.807, 2.05) is 22.6 Å². The van der Waals surface area contributed by atoms with Gasteiger partial charge in [0.1, 0.15) is 16.5 Å². The summed E-state index contributed by atoms with van der Waals surface area (Å²) in [7, 11) is 2.76. The second kappa shape index (κ2) is 5.87. The lowest BCUT2D eigenvalue weighted by Crippen LogP contribution is -2.08. The van der Waals surface area contributed by atoms with Crippen molar-refractivity contribution in [2.45, 2.75) is 0 Å². The minimum Gasteiger partial charge on any atom is -0.464 e. The van der Waals surface area contributed by atoms with Crippen LogP contribution in [-0.4, -0.2) is 22.9 Å². The van der Waals surface area contributed by atoms with Crippen molar-refractivity contribution in [3.8, 4) is 11.3 Å². The van der Waals surface area contributed by atoms with E-state index >= 15 is 0 Å². The summed E-state index contributed by atoms with van der Waals surface area (Å²) < 4.78 is 20.5. The summed E-state index contributed by atoms with van der Waals surface area (Å²) in [6, 6.07) is 2.70. The first kappa shape index (κ1) is 15.5. The fraction of sp³-hybridized carbons (Fsp3) is 0.167. The van der Waals surface area contributed by atoms with Crippen molar-refractivity contribution in [3.63, 3.8) is 0 Å². The lowest BCUT2D eigenvalue weighted by molar-refractivity contribution is 0.0588. The van der Waals surface area contributed by atoms with E-state index in [2.05, 4.69) is 9.84 Å². The molecule has 0 saturated heterocycles. The average Bonchev–Trinajstić information content (AvgIpc) is 2.68. The fourth-order valence-electron chi connectivity index (χ4n) is 1.69. The van der Waals surface area contributed by atoms with Crippen LogP contribution in [0, 0.1) is 9.39 Å². The van der Waals surface area contributed by atoms with Crippen LogP contribution in [0.25, 0.3) is 11.3 Å². The van der Waals surface area contributed by atoms with Gasteiger partial charge in [-0.05, 0) is 34.7 Å². The first-order valence-electron chi connectivity index (χ1n) is 5.32. The number of aromatic nitrogens is 2. The van der Waals surface area contributed by atoms with E-state index < -0.39 is 11.8 Å². The highest BCUT2D eigenvalue weighted by atomic mass is 127. The zero-order valence-electron chi connectivity index (χ0n) is 10.4. The standard InChI is InChI=1S/C12H8Cl2FIN2O2/c1-18-11(12(19)20-2)9(14)10(17-18)5-3-8(16)6(13)4-7(5)15/h3-4H,1-2H3. The Morgan fingerprint density at radius 1 is 1.45 bits per heavy atom. The number of aryl methyl sites for hydroxylation is 1. The molecule has 2 rings (SSSR count). The summed E-state index contributed by atoms with van der Waals surface area (Å²) in [6.45, 7) is 0. The molecule has 0 aliphatic rings. The summed E-state index contributed by atoms with van der Waals surface area (Å²) in [6.07, 6.45) is 0. The Morgan fingerprint density at radius 3 is 2.70 bits per heavy atom. The fourth-order valence-corrected chi connectivity index (χ4v) is 2.65. The molecule has 0 N–H and O–H groups in total. The van der Waals surface area contributed by atoms with Gasteiger partial charge in [-0.2, -0.15) is 5.10 Å². The maximum atomic E-state index is 14.0. The molecule has 1 aromatic carbocycles. The largest absolute Gasteiger partial charge is 0.464 e. The number of carbonyl (C=O) groups is 1. The molecule has 2 aromatic rings. The van der Waals surface area contributed by atoms with Gasteiger partial charge in [0.25, 0.3) is 0 Å². The van der Waals surface area contributed by atoms with Crippen molar-refractivity contribution < 1.29 is 13.9 Å². The topological polar surface area (TPSA) is 44.1 Å². The maximum absolute atomic E-state index is 14.0. The van der Waals surface area contributed by atoms with Gasteiger partial charge in [-0.15, -0.1) is 0 Å². The molecular weight excluding hydrogens is 421 g/mol. The Bertz CT molecular complexity index is 703. The second-order valence-electron chi connectivity index (χ2n) is 3.87. The van der Waals surface area contributed by atoms with Gasteiger partial charge in [0, 0.05) is 16.2 Å². The van der Waals surface area contributed by atoms with Crippen LogP contribution in [0.15, 0.2) is 12.1 Å². The Morgan fingerprint density at radius 2 is 2.10 bits per heavy atom. The van der Waals surface area contributed by atoms with Gasteiger partial charge in [-0.25, -0.2) is 9.18 Å². The predicted molar refractivity (Wildman–Crippen MR) is 82.7 cm³/mol. The number of carbonyl (C=O) groups excluding carboxylic acids is 1. The molecule has 0 aliphatic heterocycles. The quantitative estimate of drug-likeness (QED) is 0.413. The molecule has 1 aromatic heterocycles. The third kappa shape index (κ3) is 2.64. The van der Waals surface area contributed by atoms with Crippen LogP contribution in [0.4, 0.5) is 4.39 Å². The molecule has 0 fully saturated rings. The molecule has 8 heteroatoms. The molecule has 0 radical (unpaired) electrons. The van der Waals surface area contributed by atoms with Crippen molar-refractivity contribution in [3.05, 3.63) is 37.3 Å². The molecule has 0 amide bonds. The number of hydrogen-bond donors (Lipinski definition) is 0. The summed E-state index contributed by atoms with van der Waals surface area (Å²) in [4.78, 5) is 11.6. The van der Waals surface area contributed by atoms with E-state index in [9.17, 15) is 9.18 Å². The minimum absolute atomic E-state index is 0.0383. The van der Waals surface area contributed by atoms with Crippen LogP contribution in [0.5, 0.6) is 0 Å². The van der Waals surface area contributed by atoms with Crippen LogP contribution >= 0.6 is 45.8 Å². The first-order valence-corrected chi connectivity index (χ1v) is 7.16. The summed E-state index contributed by atoms with van der Waals surface area (Å²) in [5, 5.41) is 4.42. The number of rotatable bonds is 2. The number of methoxy groups -OCH3 is 1. The average molecular weight is 429 g/mol. The number of nitrogens with zero attached hydrogens (tertiary/aromatic N) is 2. The first-order chi connectivity index (χ1) is 9.36. The van der Waals surface area contributed by atoms with Gasteiger partial charge in [-0.3, -0.25) is 4.68 Å². The molecule has 0 saturated carbocycles. The molecular formula is C12H8Cl2FIN2O2. The van der Waals surface area contributed by atoms with Gasteiger partial charge >= 0.3 is 5.97 Å². The van der Waals surface area contributed by atoms with E-state index in [0.717, 1.165) is 0 Å². The van der Waals surface area contributed by atoms with Gasteiger partial charge in [0.05, 0.1) is 12.1 Å². The number of esters is 1. The molecule has 106 valence electrons. The van der Waals surface area contributed by atoms with E-state index in [4.69, 9.17) is 23.2 Å². The highest BCUT2D eigenvalue weighted by Gasteiger charge is 2.24. The molecule has 0 atom stereocenters. The van der Waals surface area contributed by atoms with Crippen LogP contribution < -0.4 is 0 Å². The highest BCUT2D eigenvalue weighted by Crippen LogP contribution is 2.34. The Hall–Kier alpha value is -0.860. The molecule has 20 heavy (non-hydrogen) atoms.